The summed E-state index contributed by atoms with van der Waals surface area (Å²) in [6.45, 7) is 3.90. The molecule has 1 amide bonds. The Morgan fingerprint density at radius 1 is 1.20 bits per heavy atom. The first-order chi connectivity index (χ1) is 9.70. The summed E-state index contributed by atoms with van der Waals surface area (Å²) in [6.07, 6.45) is 4.10. The Morgan fingerprint density at radius 2 is 1.95 bits per heavy atom. The lowest BCUT2D eigenvalue weighted by Gasteiger charge is -2.32. The van der Waals surface area contributed by atoms with E-state index in [4.69, 9.17) is 0 Å². The fourth-order valence-corrected chi connectivity index (χ4v) is 2.77. The highest BCUT2D eigenvalue weighted by molar-refractivity contribution is 5.97. The van der Waals surface area contributed by atoms with Crippen molar-refractivity contribution in [1.82, 2.24) is 4.90 Å². The average molecular weight is 273 g/mol. The zero-order chi connectivity index (χ0) is 14.4. The number of hydrogen-bond acceptors (Lipinski definition) is 2. The van der Waals surface area contributed by atoms with Gasteiger partial charge >= 0.3 is 0 Å². The molecule has 20 heavy (non-hydrogen) atoms. The molecule has 0 aliphatic carbocycles. The molecule has 1 aliphatic heterocycles. The first kappa shape index (κ1) is 14.8. The average Bonchev–Trinajstić information content (AvgIpc) is 2.53. The standard InChI is InChI=1S/C17H23NO2/c1-2-14-7-6-12-18(13-14)17(20)11-10-16(19)15-8-4-3-5-9-15/h3-5,8-9,14H,2,6-7,10-13H2,1H3. The summed E-state index contributed by atoms with van der Waals surface area (Å²) in [4.78, 5) is 26.1. The van der Waals surface area contributed by atoms with Gasteiger partial charge in [0.25, 0.3) is 0 Å². The van der Waals surface area contributed by atoms with Gasteiger partial charge in [0, 0.05) is 31.5 Å². The number of rotatable bonds is 5. The van der Waals surface area contributed by atoms with Crippen molar-refractivity contribution < 1.29 is 9.59 Å². The van der Waals surface area contributed by atoms with Crippen molar-refractivity contribution in [2.45, 2.75) is 39.0 Å². The molecule has 0 radical (unpaired) electrons. The van der Waals surface area contributed by atoms with E-state index < -0.39 is 0 Å². The van der Waals surface area contributed by atoms with Gasteiger partial charge in [-0.05, 0) is 18.8 Å². The van der Waals surface area contributed by atoms with Crippen LogP contribution in [0.15, 0.2) is 30.3 Å². The first-order valence-electron chi connectivity index (χ1n) is 7.56. The topological polar surface area (TPSA) is 37.4 Å². The van der Waals surface area contributed by atoms with Gasteiger partial charge in [0.05, 0.1) is 0 Å². The van der Waals surface area contributed by atoms with Gasteiger partial charge in [0.15, 0.2) is 5.78 Å². The summed E-state index contributed by atoms with van der Waals surface area (Å²) in [6, 6.07) is 9.21. The predicted molar refractivity (Wildman–Crippen MR) is 79.6 cm³/mol. The molecule has 3 nitrogen and oxygen atoms in total. The number of ketones is 1. The molecule has 0 N–H and O–H groups in total. The molecule has 2 rings (SSSR count). The van der Waals surface area contributed by atoms with Crippen LogP contribution in [0.3, 0.4) is 0 Å². The minimum absolute atomic E-state index is 0.0583. The van der Waals surface area contributed by atoms with Crippen LogP contribution in [-0.4, -0.2) is 29.7 Å². The molecule has 1 atom stereocenters. The molecule has 1 unspecified atom stereocenters. The third-order valence-corrected chi connectivity index (χ3v) is 4.11. The van der Waals surface area contributed by atoms with E-state index in [1.54, 1.807) is 12.1 Å². The van der Waals surface area contributed by atoms with Crippen LogP contribution in [0.1, 0.15) is 49.4 Å². The van der Waals surface area contributed by atoms with Crippen molar-refractivity contribution >= 4 is 11.7 Å². The maximum atomic E-state index is 12.2. The molecular formula is C17H23NO2. The van der Waals surface area contributed by atoms with Crippen LogP contribution < -0.4 is 0 Å². The van der Waals surface area contributed by atoms with E-state index in [9.17, 15) is 9.59 Å². The zero-order valence-electron chi connectivity index (χ0n) is 12.2. The third-order valence-electron chi connectivity index (χ3n) is 4.11. The number of likely N-dealkylation sites (tertiary alicyclic amines) is 1. The van der Waals surface area contributed by atoms with Crippen molar-refractivity contribution in [1.29, 1.82) is 0 Å². The molecule has 1 aliphatic rings. The summed E-state index contributed by atoms with van der Waals surface area (Å²) in [5, 5.41) is 0. The van der Waals surface area contributed by atoms with E-state index in [2.05, 4.69) is 6.92 Å². The van der Waals surface area contributed by atoms with Gasteiger partial charge in [-0.2, -0.15) is 0 Å². The number of carbonyl (C=O) groups excluding carboxylic acids is 2. The second kappa shape index (κ2) is 7.22. The van der Waals surface area contributed by atoms with Gasteiger partial charge in [-0.3, -0.25) is 9.59 Å². The maximum Gasteiger partial charge on any atom is 0.223 e. The normalized spacial score (nSPS) is 18.9. The summed E-state index contributed by atoms with van der Waals surface area (Å²) < 4.78 is 0. The predicted octanol–water partition coefficient (Wildman–Crippen LogP) is 3.30. The largest absolute Gasteiger partial charge is 0.342 e. The second-order valence-electron chi connectivity index (χ2n) is 5.55. The minimum Gasteiger partial charge on any atom is -0.342 e. The van der Waals surface area contributed by atoms with Gasteiger partial charge < -0.3 is 4.90 Å². The van der Waals surface area contributed by atoms with Crippen LogP contribution in [0.2, 0.25) is 0 Å². The summed E-state index contributed by atoms with van der Waals surface area (Å²) in [7, 11) is 0. The van der Waals surface area contributed by atoms with Gasteiger partial charge in [-0.15, -0.1) is 0 Å². The smallest absolute Gasteiger partial charge is 0.223 e. The van der Waals surface area contributed by atoms with Crippen molar-refractivity contribution in [3.05, 3.63) is 35.9 Å². The van der Waals surface area contributed by atoms with E-state index in [0.29, 0.717) is 24.3 Å². The summed E-state index contributed by atoms with van der Waals surface area (Å²) >= 11 is 0. The number of amides is 1. The summed E-state index contributed by atoms with van der Waals surface area (Å²) in [5.74, 6) is 0.827. The highest BCUT2D eigenvalue weighted by atomic mass is 16.2. The highest BCUT2D eigenvalue weighted by Gasteiger charge is 2.22. The molecular weight excluding hydrogens is 250 g/mol. The Balaban J connectivity index is 1.81. The lowest BCUT2D eigenvalue weighted by Crippen LogP contribution is -2.39. The van der Waals surface area contributed by atoms with Gasteiger partial charge in [0.1, 0.15) is 0 Å². The van der Waals surface area contributed by atoms with E-state index >= 15 is 0 Å². The molecule has 3 heteroatoms. The van der Waals surface area contributed by atoms with Crippen LogP contribution >= 0.6 is 0 Å². The van der Waals surface area contributed by atoms with E-state index in [-0.39, 0.29) is 11.7 Å². The van der Waals surface area contributed by atoms with Crippen LogP contribution in [0, 0.1) is 5.92 Å². The molecule has 0 spiro atoms. The van der Waals surface area contributed by atoms with E-state index in [1.165, 1.54) is 6.42 Å². The SMILES string of the molecule is CCC1CCCN(C(=O)CCC(=O)c2ccccc2)C1. The van der Waals surface area contributed by atoms with Crippen molar-refractivity contribution in [2.75, 3.05) is 13.1 Å². The fourth-order valence-electron chi connectivity index (χ4n) is 2.77. The van der Waals surface area contributed by atoms with Gasteiger partial charge in [-0.1, -0.05) is 43.7 Å². The van der Waals surface area contributed by atoms with Gasteiger partial charge in [0.2, 0.25) is 5.91 Å². The van der Waals surface area contributed by atoms with Crippen LogP contribution in [0.25, 0.3) is 0 Å². The Labute approximate surface area is 121 Å². The van der Waals surface area contributed by atoms with Crippen molar-refractivity contribution in [3.63, 3.8) is 0 Å². The number of benzene rings is 1. The molecule has 0 saturated carbocycles. The van der Waals surface area contributed by atoms with Crippen LogP contribution in [0.5, 0.6) is 0 Å². The molecule has 108 valence electrons. The number of Topliss-reactive ketones (excluding diaryl/α,β-unsaturated/α-hetero) is 1. The Kier molecular flexibility index (Phi) is 5.33. The van der Waals surface area contributed by atoms with Crippen LogP contribution in [-0.2, 0) is 4.79 Å². The third kappa shape index (κ3) is 3.92. The quantitative estimate of drug-likeness (QED) is 0.772. The molecule has 1 saturated heterocycles. The highest BCUT2D eigenvalue weighted by Crippen LogP contribution is 2.20. The van der Waals surface area contributed by atoms with E-state index in [0.717, 1.165) is 25.9 Å². The van der Waals surface area contributed by atoms with Crippen molar-refractivity contribution in [2.24, 2.45) is 5.92 Å². The molecule has 1 heterocycles. The lowest BCUT2D eigenvalue weighted by atomic mass is 9.95. The molecule has 0 bridgehead atoms. The second-order valence-corrected chi connectivity index (χ2v) is 5.55. The minimum atomic E-state index is 0.0583. The lowest BCUT2D eigenvalue weighted by molar-refractivity contribution is -0.133. The molecule has 1 aromatic rings. The number of carbonyl (C=O) groups is 2. The number of hydrogen-bond donors (Lipinski definition) is 0. The van der Waals surface area contributed by atoms with Gasteiger partial charge in [-0.25, -0.2) is 0 Å². The molecule has 1 fully saturated rings. The molecule has 0 aromatic heterocycles. The van der Waals surface area contributed by atoms with Crippen molar-refractivity contribution in [3.8, 4) is 0 Å². The Morgan fingerprint density at radius 3 is 2.65 bits per heavy atom. The Hall–Kier alpha value is -1.64. The Bertz CT molecular complexity index is 455. The molecule has 1 aromatic carbocycles. The van der Waals surface area contributed by atoms with E-state index in [1.807, 2.05) is 23.1 Å². The number of piperidine rings is 1. The monoisotopic (exact) mass is 273 g/mol. The maximum absolute atomic E-state index is 12.2. The fraction of sp³-hybridized carbons (Fsp3) is 0.529. The number of nitrogens with zero attached hydrogens (tertiary/aromatic N) is 1. The first-order valence-corrected chi connectivity index (χ1v) is 7.56. The summed E-state index contributed by atoms with van der Waals surface area (Å²) in [5.41, 5.74) is 0.699. The van der Waals surface area contributed by atoms with Crippen LogP contribution in [0.4, 0.5) is 0 Å². The zero-order valence-corrected chi connectivity index (χ0v) is 12.2.